The molecule has 45 heavy (non-hydrogen) atoms. The minimum atomic E-state index is 0. The minimum absolute atomic E-state index is 0. The van der Waals surface area contributed by atoms with Crippen molar-refractivity contribution in [3.05, 3.63) is 0 Å². The van der Waals surface area contributed by atoms with Gasteiger partial charge in [-0.3, -0.25) is 0 Å². The second-order valence-corrected chi connectivity index (χ2v) is 0. The summed E-state index contributed by atoms with van der Waals surface area (Å²) in [6.07, 6.45) is 0. The van der Waals surface area contributed by atoms with Crippen LogP contribution in [0.25, 0.3) is 0 Å². The maximum Gasteiger partial charge on any atom is -0.344 e. The van der Waals surface area contributed by atoms with Gasteiger partial charge in [-0.2, -0.15) is 0 Å². The lowest BCUT2D eigenvalue weighted by atomic mass is 14.0. The predicted molar refractivity (Wildman–Crippen MR) is 191 cm³/mol. The van der Waals surface area contributed by atoms with E-state index in [9.17, 15) is 0 Å². The Labute approximate surface area is 261 Å². The van der Waals surface area contributed by atoms with Crippen LogP contribution in [0.1, 0.15) is 0 Å². The summed E-state index contributed by atoms with van der Waals surface area (Å²) in [6, 6.07) is 0. The fraction of sp³-hybridized carbons (Fsp3) is 0. The Morgan fingerprint density at radius 2 is 0.0444 bits per heavy atom. The van der Waals surface area contributed by atoms with Crippen LogP contribution in [0.3, 0.4) is 0 Å². The quantitative estimate of drug-likeness (QED) is 0.108. The van der Waals surface area contributed by atoms with Gasteiger partial charge < -0.3 is 260 Å². The van der Waals surface area contributed by atoms with E-state index in [0.717, 1.165) is 0 Å². The molecule has 0 saturated carbocycles. The highest BCUT2D eigenvalue weighted by Crippen LogP contribution is -0.263. The van der Waals surface area contributed by atoms with Crippen LogP contribution in [-0.4, -0.2) is 137 Å². The Morgan fingerprint density at radius 1 is 0.0444 bits per heavy atom. The van der Waals surface area contributed by atoms with Gasteiger partial charge in [0.1, 0.15) is 0 Å². The first-order valence-corrected chi connectivity index (χ1v) is 0. The molecule has 0 fully saturated rings. The van der Waals surface area contributed by atoms with Crippen molar-refractivity contribution >= 4 is 0 Å². The summed E-state index contributed by atoms with van der Waals surface area (Å²) >= 11 is 0. The van der Waals surface area contributed by atoms with Crippen molar-refractivity contribution in [2.75, 3.05) is 0 Å². The topological polar surface area (TPSA) is 1490 Å². The SMILES string of the molecule is N.N.N.N.N.N.N.N.N.N.N.N.N.N.N.N.N.N.N.N.O.O.O.O.O.O.O.O.O.O.O.O.O.O.O.O.O.O.O.O.O.O.O.O.O. The molecular formula is H110N20O25. The van der Waals surface area contributed by atoms with E-state index in [2.05, 4.69) is 0 Å². The highest BCUT2D eigenvalue weighted by Gasteiger charge is -0.318. The van der Waals surface area contributed by atoms with Crippen molar-refractivity contribution in [3.63, 3.8) is 0 Å². The Hall–Kier alpha value is -1.80. The van der Waals surface area contributed by atoms with Gasteiger partial charge in [0.25, 0.3) is 0 Å². The predicted octanol–water partition coefficient (Wildman–Crippen LogP) is -17.4. The van der Waals surface area contributed by atoms with Gasteiger partial charge >= 0.3 is 0 Å². The molecule has 45 heteroatoms. The normalized spacial score (nSPS) is 0. The molecule has 0 aromatic heterocycles. The van der Waals surface area contributed by atoms with Crippen molar-refractivity contribution < 1.29 is 137 Å². The van der Waals surface area contributed by atoms with Gasteiger partial charge in [-0.25, -0.2) is 0 Å². The Morgan fingerprint density at radius 3 is 0.0444 bits per heavy atom. The summed E-state index contributed by atoms with van der Waals surface area (Å²) in [6.45, 7) is 0. The van der Waals surface area contributed by atoms with Gasteiger partial charge in [-0.15, -0.1) is 0 Å². The molecule has 0 atom stereocenters. The van der Waals surface area contributed by atoms with E-state index < -0.39 is 0 Å². The fourth-order valence-corrected chi connectivity index (χ4v) is 0. The van der Waals surface area contributed by atoms with E-state index in [4.69, 9.17) is 0 Å². The van der Waals surface area contributed by atoms with E-state index in [1.807, 2.05) is 0 Å². The Balaban J connectivity index is 0. The minimum Gasteiger partial charge on any atom is -0.412 e. The fourth-order valence-electron chi connectivity index (χ4n) is 0. The molecule has 110 N–H and O–H groups in total. The molecule has 45 nitrogen and oxygen atoms in total. The number of rotatable bonds is 0. The van der Waals surface area contributed by atoms with E-state index in [1.165, 1.54) is 0 Å². The zero-order valence-electron chi connectivity index (χ0n) is 26.6. The molecule has 0 radical (unpaired) electrons. The van der Waals surface area contributed by atoms with Crippen molar-refractivity contribution in [3.8, 4) is 0 Å². The van der Waals surface area contributed by atoms with Crippen molar-refractivity contribution in [1.82, 2.24) is 123 Å². The van der Waals surface area contributed by atoms with Crippen LogP contribution < -0.4 is 123 Å². The second kappa shape index (κ2) is 22100. The molecule has 0 amide bonds. The highest BCUT2D eigenvalue weighted by molar-refractivity contribution is 2.15. The average Bonchev–Trinajstić information content (AvgIpc) is 0. The lowest BCUT2D eigenvalue weighted by Crippen LogP contribution is -0.482. The van der Waals surface area contributed by atoms with E-state index in [1.54, 1.807) is 0 Å². The molecule has 0 aliphatic heterocycles. The van der Waals surface area contributed by atoms with E-state index in [0.29, 0.717) is 0 Å². The summed E-state index contributed by atoms with van der Waals surface area (Å²) < 4.78 is 0. The van der Waals surface area contributed by atoms with Crippen LogP contribution in [0.2, 0.25) is 0 Å². The average molecular weight is 791 g/mol. The molecule has 0 heterocycles. The maximum absolute atomic E-state index is 0. The molecule has 0 rings (SSSR count). The molecule has 360 valence electrons. The van der Waals surface area contributed by atoms with Gasteiger partial charge in [-0.1, -0.05) is 0 Å². The van der Waals surface area contributed by atoms with Crippen LogP contribution in [0, 0.1) is 0 Å². The summed E-state index contributed by atoms with van der Waals surface area (Å²) in [5.41, 5.74) is 0. The lowest BCUT2D eigenvalue weighted by molar-refractivity contribution is 0.823. The molecule has 0 aliphatic carbocycles. The van der Waals surface area contributed by atoms with Crippen LogP contribution >= 0.6 is 0 Å². The molecule has 0 bridgehead atoms. The van der Waals surface area contributed by atoms with Crippen molar-refractivity contribution in [2.45, 2.75) is 0 Å². The molecular weight excluding hydrogens is 680 g/mol. The van der Waals surface area contributed by atoms with Crippen molar-refractivity contribution in [1.29, 1.82) is 0 Å². The molecule has 0 saturated heterocycles. The smallest absolute Gasteiger partial charge is 0.344 e. The van der Waals surface area contributed by atoms with Gasteiger partial charge in [0.15, 0.2) is 0 Å². The third-order valence-electron chi connectivity index (χ3n) is 0. The standard InChI is InChI=1S/20H3N.25H2O/h20*1H3;25*1H2. The van der Waals surface area contributed by atoms with Crippen LogP contribution in [0.15, 0.2) is 0 Å². The molecule has 0 spiro atoms. The van der Waals surface area contributed by atoms with Crippen LogP contribution in [0.5, 0.6) is 0 Å². The summed E-state index contributed by atoms with van der Waals surface area (Å²) in [5, 5.41) is 0. The molecule has 0 aromatic rings. The van der Waals surface area contributed by atoms with Gasteiger partial charge in [0, 0.05) is 0 Å². The van der Waals surface area contributed by atoms with E-state index >= 15 is 0 Å². The molecule has 0 unspecified atom stereocenters. The van der Waals surface area contributed by atoms with Crippen molar-refractivity contribution in [2.24, 2.45) is 0 Å². The third-order valence-corrected chi connectivity index (χ3v) is 0. The molecule has 0 aliphatic rings. The molecule has 0 aromatic carbocycles. The first kappa shape index (κ1) is 23700. The monoisotopic (exact) mass is 791 g/mol. The lowest BCUT2D eigenvalue weighted by Gasteiger charge is -0.413. The summed E-state index contributed by atoms with van der Waals surface area (Å²) in [5.74, 6) is 0. The Kier molecular flexibility index (Phi) is 11700000. The summed E-state index contributed by atoms with van der Waals surface area (Å²) in [7, 11) is 0. The third kappa shape index (κ3) is 21000. The zero-order valence-corrected chi connectivity index (χ0v) is 26.6. The number of hydrogen-bond acceptors (Lipinski definition) is 20. The van der Waals surface area contributed by atoms with Crippen LogP contribution in [-0.2, 0) is 0 Å². The maximum atomic E-state index is 0. The zero-order chi connectivity index (χ0) is 0. The largest absolute Gasteiger partial charge is 0.412 e. The van der Waals surface area contributed by atoms with E-state index in [-0.39, 0.29) is 260 Å². The van der Waals surface area contributed by atoms with Gasteiger partial charge in [-0.05, 0) is 0 Å². The Bertz CT molecular complexity index is 44.6. The number of hydrogen-bond donors (Lipinski definition) is 20. The van der Waals surface area contributed by atoms with Crippen LogP contribution in [0.4, 0.5) is 0 Å². The first-order chi connectivity index (χ1) is 0. The van der Waals surface area contributed by atoms with Gasteiger partial charge in [0.2, 0.25) is 0 Å². The summed E-state index contributed by atoms with van der Waals surface area (Å²) in [4.78, 5) is 0. The second-order valence-electron chi connectivity index (χ2n) is 0. The van der Waals surface area contributed by atoms with Gasteiger partial charge in [0.05, 0.1) is 0 Å². The highest BCUT2D eigenvalue weighted by atomic mass is 16.0. The first-order valence-electron chi connectivity index (χ1n) is 0.